The van der Waals surface area contributed by atoms with Crippen molar-refractivity contribution < 1.29 is 4.74 Å². The van der Waals surface area contributed by atoms with E-state index in [0.717, 1.165) is 16.6 Å². The SMILES string of the molecule is COc1cc(C[C@@H](C)N)ccc1Br. The molecule has 0 saturated heterocycles. The molecule has 1 aromatic rings. The van der Waals surface area contributed by atoms with Gasteiger partial charge in [-0.25, -0.2) is 0 Å². The molecule has 1 aromatic carbocycles. The van der Waals surface area contributed by atoms with Crippen LogP contribution in [0.1, 0.15) is 12.5 Å². The van der Waals surface area contributed by atoms with E-state index in [2.05, 4.69) is 22.0 Å². The van der Waals surface area contributed by atoms with Crippen molar-refractivity contribution >= 4 is 15.9 Å². The van der Waals surface area contributed by atoms with Crippen LogP contribution in [0.15, 0.2) is 22.7 Å². The van der Waals surface area contributed by atoms with Crippen LogP contribution in [0.25, 0.3) is 0 Å². The van der Waals surface area contributed by atoms with E-state index in [1.54, 1.807) is 7.11 Å². The fraction of sp³-hybridized carbons (Fsp3) is 0.400. The van der Waals surface area contributed by atoms with Crippen molar-refractivity contribution in [2.75, 3.05) is 7.11 Å². The second kappa shape index (κ2) is 4.63. The zero-order chi connectivity index (χ0) is 9.84. The molecule has 0 fully saturated rings. The Bertz CT molecular complexity index is 286. The molecule has 2 nitrogen and oxygen atoms in total. The summed E-state index contributed by atoms with van der Waals surface area (Å²) in [5, 5.41) is 0. The van der Waals surface area contributed by atoms with E-state index in [-0.39, 0.29) is 6.04 Å². The first-order valence-electron chi connectivity index (χ1n) is 4.21. The maximum absolute atomic E-state index is 5.70. The lowest BCUT2D eigenvalue weighted by Crippen LogP contribution is -2.17. The summed E-state index contributed by atoms with van der Waals surface area (Å²) in [5.41, 5.74) is 6.91. The molecule has 72 valence electrons. The Morgan fingerprint density at radius 3 is 2.77 bits per heavy atom. The summed E-state index contributed by atoms with van der Waals surface area (Å²) in [6.45, 7) is 1.99. The van der Waals surface area contributed by atoms with E-state index >= 15 is 0 Å². The number of hydrogen-bond donors (Lipinski definition) is 1. The average Bonchev–Trinajstić information content (AvgIpc) is 2.07. The first kappa shape index (κ1) is 10.5. The zero-order valence-electron chi connectivity index (χ0n) is 7.88. The van der Waals surface area contributed by atoms with Crippen LogP contribution in [0, 0.1) is 0 Å². The van der Waals surface area contributed by atoms with Gasteiger partial charge in [0.1, 0.15) is 5.75 Å². The van der Waals surface area contributed by atoms with Gasteiger partial charge in [-0.2, -0.15) is 0 Å². The molecule has 1 rings (SSSR count). The quantitative estimate of drug-likeness (QED) is 0.885. The summed E-state index contributed by atoms with van der Waals surface area (Å²) < 4.78 is 6.15. The van der Waals surface area contributed by atoms with Crippen molar-refractivity contribution in [2.45, 2.75) is 19.4 Å². The van der Waals surface area contributed by atoms with Crippen molar-refractivity contribution in [1.29, 1.82) is 0 Å². The highest BCUT2D eigenvalue weighted by Gasteiger charge is 2.03. The molecule has 0 amide bonds. The molecule has 1 atom stereocenters. The van der Waals surface area contributed by atoms with Crippen LogP contribution in [-0.2, 0) is 6.42 Å². The summed E-state index contributed by atoms with van der Waals surface area (Å²) in [6, 6.07) is 6.23. The maximum atomic E-state index is 5.70. The van der Waals surface area contributed by atoms with Gasteiger partial charge in [-0.3, -0.25) is 0 Å². The minimum atomic E-state index is 0.186. The number of nitrogens with two attached hydrogens (primary N) is 1. The lowest BCUT2D eigenvalue weighted by atomic mass is 10.1. The lowest BCUT2D eigenvalue weighted by Gasteiger charge is -2.08. The molecule has 0 saturated carbocycles. The molecule has 0 heterocycles. The summed E-state index contributed by atoms with van der Waals surface area (Å²) >= 11 is 3.40. The van der Waals surface area contributed by atoms with Gasteiger partial charge in [0, 0.05) is 6.04 Å². The molecule has 0 aliphatic carbocycles. The van der Waals surface area contributed by atoms with Gasteiger partial charge in [-0.05, 0) is 47.0 Å². The molecule has 0 aliphatic rings. The van der Waals surface area contributed by atoms with Crippen molar-refractivity contribution in [3.05, 3.63) is 28.2 Å². The van der Waals surface area contributed by atoms with E-state index in [9.17, 15) is 0 Å². The molecule has 2 N–H and O–H groups in total. The molecular formula is C10H14BrNO. The molecule has 0 bridgehead atoms. The van der Waals surface area contributed by atoms with Gasteiger partial charge in [-0.1, -0.05) is 6.07 Å². The summed E-state index contributed by atoms with van der Waals surface area (Å²) in [5.74, 6) is 0.859. The molecule has 0 spiro atoms. The third kappa shape index (κ3) is 3.01. The van der Waals surface area contributed by atoms with Crippen LogP contribution in [0.3, 0.4) is 0 Å². The Hall–Kier alpha value is -0.540. The molecule has 3 heteroatoms. The van der Waals surface area contributed by atoms with E-state index in [4.69, 9.17) is 10.5 Å². The largest absolute Gasteiger partial charge is 0.496 e. The fourth-order valence-electron chi connectivity index (χ4n) is 1.20. The van der Waals surface area contributed by atoms with Crippen molar-refractivity contribution in [3.63, 3.8) is 0 Å². The number of methoxy groups -OCH3 is 1. The summed E-state index contributed by atoms with van der Waals surface area (Å²) in [4.78, 5) is 0. The third-order valence-electron chi connectivity index (χ3n) is 1.77. The van der Waals surface area contributed by atoms with Gasteiger partial charge in [-0.15, -0.1) is 0 Å². The minimum Gasteiger partial charge on any atom is -0.496 e. The smallest absolute Gasteiger partial charge is 0.133 e. The van der Waals surface area contributed by atoms with Crippen molar-refractivity contribution in [2.24, 2.45) is 5.73 Å². The minimum absolute atomic E-state index is 0.186. The first-order chi connectivity index (χ1) is 6.13. The van der Waals surface area contributed by atoms with E-state index in [0.29, 0.717) is 0 Å². The van der Waals surface area contributed by atoms with Gasteiger partial charge in [0.15, 0.2) is 0 Å². The Morgan fingerprint density at radius 1 is 1.54 bits per heavy atom. The predicted molar refractivity (Wildman–Crippen MR) is 58.0 cm³/mol. The Morgan fingerprint density at radius 2 is 2.23 bits per heavy atom. The Labute approximate surface area is 87.2 Å². The van der Waals surface area contributed by atoms with Gasteiger partial charge in [0.25, 0.3) is 0 Å². The third-order valence-corrected chi connectivity index (χ3v) is 2.43. The van der Waals surface area contributed by atoms with Crippen molar-refractivity contribution in [1.82, 2.24) is 0 Å². The van der Waals surface area contributed by atoms with Gasteiger partial charge < -0.3 is 10.5 Å². The first-order valence-corrected chi connectivity index (χ1v) is 5.00. The Balaban J connectivity index is 2.86. The van der Waals surface area contributed by atoms with E-state index in [1.165, 1.54) is 5.56 Å². The number of halogens is 1. The number of rotatable bonds is 3. The molecular weight excluding hydrogens is 230 g/mol. The van der Waals surface area contributed by atoms with Crippen LogP contribution in [0.2, 0.25) is 0 Å². The van der Waals surface area contributed by atoms with Crippen LogP contribution >= 0.6 is 15.9 Å². The van der Waals surface area contributed by atoms with Crippen LogP contribution in [-0.4, -0.2) is 13.2 Å². The average molecular weight is 244 g/mol. The predicted octanol–water partition coefficient (Wildman–Crippen LogP) is 2.35. The lowest BCUT2D eigenvalue weighted by molar-refractivity contribution is 0.411. The van der Waals surface area contributed by atoms with Gasteiger partial charge in [0.05, 0.1) is 11.6 Å². The molecule has 0 aromatic heterocycles. The Kier molecular flexibility index (Phi) is 3.75. The number of hydrogen-bond acceptors (Lipinski definition) is 2. The standard InChI is InChI=1S/C10H14BrNO/c1-7(12)5-8-3-4-9(11)10(6-8)13-2/h3-4,6-7H,5,12H2,1-2H3/t7-/m1/s1. The van der Waals surface area contributed by atoms with Crippen LogP contribution in [0.4, 0.5) is 0 Å². The van der Waals surface area contributed by atoms with Gasteiger partial charge >= 0.3 is 0 Å². The van der Waals surface area contributed by atoms with Crippen molar-refractivity contribution in [3.8, 4) is 5.75 Å². The highest BCUT2D eigenvalue weighted by molar-refractivity contribution is 9.10. The number of benzene rings is 1. The summed E-state index contributed by atoms with van der Waals surface area (Å²) in [6.07, 6.45) is 0.879. The monoisotopic (exact) mass is 243 g/mol. The van der Waals surface area contributed by atoms with Crippen LogP contribution < -0.4 is 10.5 Å². The fourth-order valence-corrected chi connectivity index (χ4v) is 1.61. The second-order valence-electron chi connectivity index (χ2n) is 3.15. The topological polar surface area (TPSA) is 35.2 Å². The normalized spacial score (nSPS) is 12.6. The van der Waals surface area contributed by atoms with Crippen LogP contribution in [0.5, 0.6) is 5.75 Å². The molecule has 0 unspecified atom stereocenters. The molecule has 0 radical (unpaired) electrons. The maximum Gasteiger partial charge on any atom is 0.133 e. The highest BCUT2D eigenvalue weighted by atomic mass is 79.9. The number of ether oxygens (including phenoxy) is 1. The van der Waals surface area contributed by atoms with E-state index in [1.807, 2.05) is 19.1 Å². The highest BCUT2D eigenvalue weighted by Crippen LogP contribution is 2.25. The van der Waals surface area contributed by atoms with Gasteiger partial charge in [0.2, 0.25) is 0 Å². The summed E-state index contributed by atoms with van der Waals surface area (Å²) in [7, 11) is 1.66. The van der Waals surface area contributed by atoms with E-state index < -0.39 is 0 Å². The second-order valence-corrected chi connectivity index (χ2v) is 4.00. The molecule has 0 aliphatic heterocycles. The molecule has 13 heavy (non-hydrogen) atoms. The zero-order valence-corrected chi connectivity index (χ0v) is 9.47.